The highest BCUT2D eigenvalue weighted by Crippen LogP contribution is 2.08. The molecule has 0 fully saturated rings. The van der Waals surface area contributed by atoms with Crippen molar-refractivity contribution in [2.75, 3.05) is 13.2 Å². The number of unbranched alkanes of at least 4 members (excludes halogenated alkanes) is 3. The standard InChI is InChI=1S/C10H21NO2.C7H8O3S/c1-2-3-4-5-9-13-10(12)7-6-8-11;1-6-2-4-7(5-3-6)11(8,9)10/h2-9,11H2,1H3;2-5H,1H3,(H,8,9,10). The van der Waals surface area contributed by atoms with E-state index in [-0.39, 0.29) is 10.9 Å². The zero-order valence-corrected chi connectivity index (χ0v) is 15.4. The van der Waals surface area contributed by atoms with Gasteiger partial charge in [-0.3, -0.25) is 4.79 Å². The molecule has 3 N–H and O–H groups in total. The van der Waals surface area contributed by atoms with Crippen LogP contribution in [0.25, 0.3) is 0 Å². The Kier molecular flexibility index (Phi) is 12.1. The summed E-state index contributed by atoms with van der Waals surface area (Å²) in [7, 11) is -4.27. The minimum atomic E-state index is -4.27. The molecule has 0 aliphatic rings. The quantitative estimate of drug-likeness (QED) is 0.412. The summed E-state index contributed by atoms with van der Waals surface area (Å²) in [4.78, 5) is 10.8. The summed E-state index contributed by atoms with van der Waals surface area (Å²) in [5.41, 5.74) is 4.60. The smallest absolute Gasteiger partial charge is 0.306 e. The van der Waals surface area contributed by atoms with Gasteiger partial charge in [-0.15, -0.1) is 0 Å². The molecule has 1 aromatic carbocycles. The van der Waals surface area contributed by atoms with Gasteiger partial charge >= 0.3 is 5.97 Å². The van der Waals surface area contributed by atoms with Crippen molar-refractivity contribution in [3.63, 3.8) is 0 Å². The molecule has 7 heteroatoms. The second-order valence-electron chi connectivity index (χ2n) is 5.51. The van der Waals surface area contributed by atoms with E-state index in [0.29, 0.717) is 13.0 Å². The monoisotopic (exact) mass is 359 g/mol. The van der Waals surface area contributed by atoms with Crippen molar-refractivity contribution in [1.29, 1.82) is 0 Å². The summed E-state index contributed by atoms with van der Waals surface area (Å²) < 4.78 is 36.2. The Hall–Kier alpha value is -1.44. The van der Waals surface area contributed by atoms with Crippen LogP contribution in [-0.2, 0) is 19.6 Å². The summed E-state index contributed by atoms with van der Waals surface area (Å²) in [5.74, 6) is -0.0693. The molecule has 0 spiro atoms. The predicted molar refractivity (Wildman–Crippen MR) is 91.2 cm³/mol. The van der Waals surface area contributed by atoms with Crippen LogP contribution in [0.1, 0.15) is 51.0 Å². The molecular weight excluding hydrogens is 330 g/mol. The van der Waals surface area contributed by atoms with Gasteiger partial charge in [0, 0.05) is 6.42 Å². The number of carbonyl (C=O) groups is 1. The van der Waals surface area contributed by atoms with Crippen molar-refractivity contribution in [3.8, 4) is 0 Å². The van der Waals surface area contributed by atoms with Crippen LogP contribution in [0.3, 0.4) is 0 Å². The van der Waals surface area contributed by atoms with Gasteiger partial charge in [0.05, 0.1) is 24.5 Å². The highest BCUT2D eigenvalue weighted by Gasteiger charge is 2.01. The Morgan fingerprint density at radius 3 is 2.25 bits per heavy atom. The van der Waals surface area contributed by atoms with E-state index in [1.54, 1.807) is 12.1 Å². The van der Waals surface area contributed by atoms with E-state index >= 15 is 0 Å². The Balaban J connectivity index is 0.000000446. The van der Waals surface area contributed by atoms with Crippen molar-refractivity contribution in [1.82, 2.24) is 0 Å². The van der Waals surface area contributed by atoms with Gasteiger partial charge in [0.2, 0.25) is 0 Å². The van der Waals surface area contributed by atoms with Crippen LogP contribution >= 0.6 is 0 Å². The van der Waals surface area contributed by atoms with E-state index in [4.69, 9.17) is 4.74 Å². The maximum Gasteiger partial charge on any atom is 0.306 e. The van der Waals surface area contributed by atoms with Gasteiger partial charge in [0.25, 0.3) is 0 Å². The molecule has 0 unspecified atom stereocenters. The molecule has 0 amide bonds. The molecule has 0 heterocycles. The number of ether oxygens (including phenoxy) is 1. The van der Waals surface area contributed by atoms with Gasteiger partial charge in [-0.2, -0.15) is 0 Å². The second-order valence-corrected chi connectivity index (χ2v) is 6.89. The van der Waals surface area contributed by atoms with Crippen LogP contribution in [0.4, 0.5) is 0 Å². The number of benzene rings is 1. The van der Waals surface area contributed by atoms with Crippen LogP contribution < -0.4 is 5.73 Å². The molecule has 0 aromatic heterocycles. The third-order valence-electron chi connectivity index (χ3n) is 3.20. The highest BCUT2D eigenvalue weighted by molar-refractivity contribution is 7.85. The number of quaternary nitrogens is 1. The number of hydrogen-bond donors (Lipinski definition) is 1. The third kappa shape index (κ3) is 12.0. The number of rotatable bonds is 9. The van der Waals surface area contributed by atoms with Crippen molar-refractivity contribution < 1.29 is 28.2 Å². The fourth-order valence-electron chi connectivity index (χ4n) is 1.76. The molecule has 0 saturated carbocycles. The Morgan fingerprint density at radius 1 is 1.12 bits per heavy atom. The molecule has 0 aliphatic heterocycles. The second kappa shape index (κ2) is 12.9. The number of esters is 1. The maximum absolute atomic E-state index is 11.0. The summed E-state index contributed by atoms with van der Waals surface area (Å²) >= 11 is 0. The predicted octanol–water partition coefficient (Wildman–Crippen LogP) is 2.03. The minimum absolute atomic E-state index is 0.0693. The fourth-order valence-corrected chi connectivity index (χ4v) is 2.23. The van der Waals surface area contributed by atoms with Gasteiger partial charge in [0.1, 0.15) is 10.1 Å². The average Bonchev–Trinajstić information content (AvgIpc) is 2.53. The zero-order valence-electron chi connectivity index (χ0n) is 14.6. The third-order valence-corrected chi connectivity index (χ3v) is 4.05. The van der Waals surface area contributed by atoms with Crippen LogP contribution in [0.15, 0.2) is 29.2 Å². The highest BCUT2D eigenvalue weighted by atomic mass is 32.2. The fraction of sp³-hybridized carbons (Fsp3) is 0.588. The first-order valence-corrected chi connectivity index (χ1v) is 9.69. The van der Waals surface area contributed by atoms with E-state index in [1.165, 1.54) is 31.4 Å². The van der Waals surface area contributed by atoms with Gasteiger partial charge in [-0.1, -0.05) is 43.9 Å². The molecule has 0 saturated heterocycles. The van der Waals surface area contributed by atoms with Gasteiger partial charge in [0.15, 0.2) is 0 Å². The van der Waals surface area contributed by atoms with Crippen molar-refractivity contribution in [2.24, 2.45) is 0 Å². The summed E-state index contributed by atoms with van der Waals surface area (Å²) in [6, 6.07) is 5.78. The summed E-state index contributed by atoms with van der Waals surface area (Å²) in [6.45, 7) is 5.39. The van der Waals surface area contributed by atoms with E-state index in [1.807, 2.05) is 6.92 Å². The zero-order chi connectivity index (χ0) is 18.4. The van der Waals surface area contributed by atoms with Gasteiger partial charge < -0.3 is 15.0 Å². The molecule has 6 nitrogen and oxygen atoms in total. The molecule has 24 heavy (non-hydrogen) atoms. The summed E-state index contributed by atoms with van der Waals surface area (Å²) in [5, 5.41) is 0. The number of aryl methyl sites for hydroxylation is 1. The molecular formula is C17H29NO5S. The topological polar surface area (TPSA) is 111 Å². The largest absolute Gasteiger partial charge is 0.744 e. The molecule has 1 rings (SSSR count). The first kappa shape index (κ1) is 22.6. The van der Waals surface area contributed by atoms with Crippen molar-refractivity contribution in [3.05, 3.63) is 29.8 Å². The van der Waals surface area contributed by atoms with E-state index in [2.05, 4.69) is 12.7 Å². The SMILES string of the molecule is CCCCCCOC(=O)CCC[NH3+].Cc1ccc(S(=O)(=O)[O-])cc1. The average molecular weight is 359 g/mol. The lowest BCUT2D eigenvalue weighted by atomic mass is 10.2. The van der Waals surface area contributed by atoms with Gasteiger partial charge in [-0.05, 0) is 25.5 Å². The Labute approximate surface area is 145 Å². The van der Waals surface area contributed by atoms with Crippen LogP contribution in [0.5, 0.6) is 0 Å². The lowest BCUT2D eigenvalue weighted by Crippen LogP contribution is -2.50. The molecule has 1 aromatic rings. The van der Waals surface area contributed by atoms with Crippen molar-refractivity contribution in [2.45, 2.75) is 57.3 Å². The summed E-state index contributed by atoms with van der Waals surface area (Å²) in [6.07, 6.45) is 5.99. The lowest BCUT2D eigenvalue weighted by molar-refractivity contribution is -0.368. The van der Waals surface area contributed by atoms with Crippen LogP contribution in [0, 0.1) is 6.92 Å². The molecule has 0 atom stereocenters. The first-order valence-electron chi connectivity index (χ1n) is 8.28. The Morgan fingerprint density at radius 2 is 1.75 bits per heavy atom. The van der Waals surface area contributed by atoms with E-state index in [9.17, 15) is 17.8 Å². The van der Waals surface area contributed by atoms with Gasteiger partial charge in [-0.25, -0.2) is 8.42 Å². The number of hydrogen-bond acceptors (Lipinski definition) is 5. The van der Waals surface area contributed by atoms with Crippen LogP contribution in [0.2, 0.25) is 0 Å². The van der Waals surface area contributed by atoms with E-state index in [0.717, 1.165) is 24.9 Å². The molecule has 0 aliphatic carbocycles. The normalized spacial score (nSPS) is 10.7. The van der Waals surface area contributed by atoms with Crippen LogP contribution in [-0.4, -0.2) is 32.1 Å². The Bertz CT molecular complexity index is 555. The maximum atomic E-state index is 11.0. The number of carbonyl (C=O) groups excluding carboxylic acids is 1. The molecule has 138 valence electrons. The van der Waals surface area contributed by atoms with Crippen molar-refractivity contribution >= 4 is 16.1 Å². The molecule has 0 radical (unpaired) electrons. The first-order chi connectivity index (χ1) is 11.3. The minimum Gasteiger partial charge on any atom is -0.744 e. The molecule has 0 bridgehead atoms. The lowest BCUT2D eigenvalue weighted by Gasteiger charge is -2.05. The van der Waals surface area contributed by atoms with E-state index < -0.39 is 10.1 Å².